The largest absolute Gasteiger partial charge is 0.492 e. The molecule has 1 N–H and O–H groups in total. The molecule has 1 rings (SSSR count). The maximum absolute atomic E-state index is 5.67. The summed E-state index contributed by atoms with van der Waals surface area (Å²) in [6.07, 6.45) is 8.36. The number of hydrogen-bond donors (Lipinski definition) is 1. The Labute approximate surface area is 117 Å². The van der Waals surface area contributed by atoms with Crippen LogP contribution in [0.4, 0.5) is 0 Å². The fourth-order valence-corrected chi connectivity index (χ4v) is 2.08. The van der Waals surface area contributed by atoms with Gasteiger partial charge < -0.3 is 10.1 Å². The zero-order valence-electron chi connectivity index (χ0n) is 12.8. The standard InChI is InChI=1S/C16H28N2O/c1-5-7-8-16(18-13(3)4)14-10-15(12-17-11-14)19-9-6-2/h10-13,16,18H,5-9H2,1-4H3. The SMILES string of the molecule is CCCCC(NC(C)C)c1cncc(OCCC)c1. The zero-order valence-corrected chi connectivity index (χ0v) is 12.8. The number of unbranched alkanes of at least 4 members (excludes halogenated alkanes) is 1. The summed E-state index contributed by atoms with van der Waals surface area (Å²) in [6, 6.07) is 2.97. The van der Waals surface area contributed by atoms with Gasteiger partial charge in [-0.3, -0.25) is 4.98 Å². The Bertz CT molecular complexity index is 352. The molecule has 0 fully saturated rings. The van der Waals surface area contributed by atoms with Gasteiger partial charge in [-0.05, 0) is 24.5 Å². The second-order valence-corrected chi connectivity index (χ2v) is 5.32. The van der Waals surface area contributed by atoms with Crippen LogP contribution >= 0.6 is 0 Å². The summed E-state index contributed by atoms with van der Waals surface area (Å²) < 4.78 is 5.67. The van der Waals surface area contributed by atoms with Crippen LogP contribution in [0, 0.1) is 0 Å². The van der Waals surface area contributed by atoms with Crippen LogP contribution < -0.4 is 10.1 Å². The number of pyridine rings is 1. The van der Waals surface area contributed by atoms with E-state index in [0.717, 1.165) is 25.2 Å². The van der Waals surface area contributed by atoms with Crippen LogP contribution in [0.15, 0.2) is 18.5 Å². The third kappa shape index (κ3) is 6.06. The summed E-state index contributed by atoms with van der Waals surface area (Å²) in [7, 11) is 0. The molecule has 0 saturated carbocycles. The lowest BCUT2D eigenvalue weighted by atomic mass is 10.0. The van der Waals surface area contributed by atoms with Crippen LogP contribution in [-0.4, -0.2) is 17.6 Å². The Morgan fingerprint density at radius 1 is 1.21 bits per heavy atom. The van der Waals surface area contributed by atoms with E-state index in [1.165, 1.54) is 18.4 Å². The molecule has 1 aromatic heterocycles. The molecule has 0 bridgehead atoms. The van der Waals surface area contributed by atoms with E-state index >= 15 is 0 Å². The molecule has 0 aliphatic carbocycles. The summed E-state index contributed by atoms with van der Waals surface area (Å²) in [5.41, 5.74) is 1.23. The van der Waals surface area contributed by atoms with Crippen LogP contribution in [0.25, 0.3) is 0 Å². The van der Waals surface area contributed by atoms with Gasteiger partial charge in [0.05, 0.1) is 12.8 Å². The first-order chi connectivity index (χ1) is 9.17. The highest BCUT2D eigenvalue weighted by atomic mass is 16.5. The van der Waals surface area contributed by atoms with Crippen molar-refractivity contribution in [3.8, 4) is 5.75 Å². The first-order valence-electron chi connectivity index (χ1n) is 7.51. The van der Waals surface area contributed by atoms with E-state index in [4.69, 9.17) is 4.74 Å². The molecule has 0 aliphatic heterocycles. The molecular weight excluding hydrogens is 236 g/mol. The van der Waals surface area contributed by atoms with Gasteiger partial charge in [-0.1, -0.05) is 40.5 Å². The molecule has 19 heavy (non-hydrogen) atoms. The molecule has 0 saturated heterocycles. The van der Waals surface area contributed by atoms with Crippen LogP contribution in [0.2, 0.25) is 0 Å². The van der Waals surface area contributed by atoms with E-state index in [2.05, 4.69) is 44.1 Å². The van der Waals surface area contributed by atoms with E-state index in [1.807, 2.05) is 6.20 Å². The number of aromatic nitrogens is 1. The van der Waals surface area contributed by atoms with Gasteiger partial charge in [0.25, 0.3) is 0 Å². The first-order valence-corrected chi connectivity index (χ1v) is 7.51. The summed E-state index contributed by atoms with van der Waals surface area (Å²) >= 11 is 0. The highest BCUT2D eigenvalue weighted by Gasteiger charge is 2.13. The molecule has 1 unspecified atom stereocenters. The smallest absolute Gasteiger partial charge is 0.137 e. The predicted molar refractivity (Wildman–Crippen MR) is 80.6 cm³/mol. The number of rotatable bonds is 9. The van der Waals surface area contributed by atoms with E-state index in [9.17, 15) is 0 Å². The van der Waals surface area contributed by atoms with Gasteiger partial charge in [-0.25, -0.2) is 0 Å². The quantitative estimate of drug-likeness (QED) is 0.729. The zero-order chi connectivity index (χ0) is 14.1. The van der Waals surface area contributed by atoms with Crippen LogP contribution in [-0.2, 0) is 0 Å². The lowest BCUT2D eigenvalue weighted by molar-refractivity contribution is 0.315. The molecule has 3 heteroatoms. The average molecular weight is 264 g/mol. The molecule has 0 amide bonds. The van der Waals surface area contributed by atoms with Crippen molar-refractivity contribution in [1.82, 2.24) is 10.3 Å². The second kappa shape index (κ2) is 8.92. The van der Waals surface area contributed by atoms with Crippen molar-refractivity contribution in [3.63, 3.8) is 0 Å². The summed E-state index contributed by atoms with van der Waals surface area (Å²) in [6.45, 7) is 9.46. The van der Waals surface area contributed by atoms with Crippen molar-refractivity contribution >= 4 is 0 Å². The van der Waals surface area contributed by atoms with E-state index in [0.29, 0.717) is 12.1 Å². The minimum atomic E-state index is 0.373. The molecule has 1 atom stereocenters. The lowest BCUT2D eigenvalue weighted by Gasteiger charge is -2.21. The fraction of sp³-hybridized carbons (Fsp3) is 0.688. The normalized spacial score (nSPS) is 12.7. The van der Waals surface area contributed by atoms with E-state index < -0.39 is 0 Å². The molecule has 0 aromatic carbocycles. The van der Waals surface area contributed by atoms with Crippen molar-refractivity contribution < 1.29 is 4.74 Å². The maximum Gasteiger partial charge on any atom is 0.137 e. The highest BCUT2D eigenvalue weighted by molar-refractivity contribution is 5.26. The highest BCUT2D eigenvalue weighted by Crippen LogP contribution is 2.23. The molecule has 0 spiro atoms. The minimum Gasteiger partial charge on any atom is -0.492 e. The van der Waals surface area contributed by atoms with Gasteiger partial charge in [0, 0.05) is 18.3 Å². The Hall–Kier alpha value is -1.09. The molecule has 0 aliphatic rings. The fourth-order valence-electron chi connectivity index (χ4n) is 2.08. The monoisotopic (exact) mass is 264 g/mol. The topological polar surface area (TPSA) is 34.2 Å². The van der Waals surface area contributed by atoms with Crippen molar-refractivity contribution in [2.45, 2.75) is 65.5 Å². The predicted octanol–water partition coefficient (Wildman–Crippen LogP) is 4.10. The van der Waals surface area contributed by atoms with Crippen LogP contribution in [0.5, 0.6) is 5.75 Å². The van der Waals surface area contributed by atoms with Gasteiger partial charge in [0.2, 0.25) is 0 Å². The van der Waals surface area contributed by atoms with E-state index in [-0.39, 0.29) is 0 Å². The molecule has 1 heterocycles. The van der Waals surface area contributed by atoms with Crippen molar-refractivity contribution in [1.29, 1.82) is 0 Å². The first kappa shape index (κ1) is 16.0. The molecular formula is C16H28N2O. The van der Waals surface area contributed by atoms with E-state index in [1.54, 1.807) is 6.20 Å². The maximum atomic E-state index is 5.67. The Kier molecular flexibility index (Phi) is 7.49. The van der Waals surface area contributed by atoms with Gasteiger partial charge in [0.15, 0.2) is 0 Å². The number of nitrogens with zero attached hydrogens (tertiary/aromatic N) is 1. The minimum absolute atomic E-state index is 0.373. The lowest BCUT2D eigenvalue weighted by Crippen LogP contribution is -2.28. The summed E-state index contributed by atoms with van der Waals surface area (Å²) in [5.74, 6) is 0.881. The second-order valence-electron chi connectivity index (χ2n) is 5.32. The Morgan fingerprint density at radius 2 is 2.00 bits per heavy atom. The summed E-state index contributed by atoms with van der Waals surface area (Å²) in [4.78, 5) is 4.31. The van der Waals surface area contributed by atoms with Crippen LogP contribution in [0.1, 0.15) is 65.0 Å². The Balaban J connectivity index is 2.75. The van der Waals surface area contributed by atoms with Crippen molar-refractivity contribution in [2.24, 2.45) is 0 Å². The van der Waals surface area contributed by atoms with Gasteiger partial charge in [0.1, 0.15) is 5.75 Å². The number of nitrogens with one attached hydrogen (secondary N) is 1. The van der Waals surface area contributed by atoms with Gasteiger partial charge in [-0.15, -0.1) is 0 Å². The van der Waals surface area contributed by atoms with Crippen LogP contribution in [0.3, 0.4) is 0 Å². The van der Waals surface area contributed by atoms with Gasteiger partial charge in [-0.2, -0.15) is 0 Å². The van der Waals surface area contributed by atoms with Crippen molar-refractivity contribution in [3.05, 3.63) is 24.0 Å². The molecule has 3 nitrogen and oxygen atoms in total. The number of ether oxygens (including phenoxy) is 1. The average Bonchev–Trinajstić information content (AvgIpc) is 2.41. The number of hydrogen-bond acceptors (Lipinski definition) is 3. The molecule has 108 valence electrons. The van der Waals surface area contributed by atoms with Crippen molar-refractivity contribution in [2.75, 3.05) is 6.61 Å². The third-order valence-electron chi connectivity index (χ3n) is 2.99. The third-order valence-corrected chi connectivity index (χ3v) is 2.99. The molecule has 1 aromatic rings. The molecule has 0 radical (unpaired) electrons. The Morgan fingerprint density at radius 3 is 2.63 bits per heavy atom. The van der Waals surface area contributed by atoms with Gasteiger partial charge >= 0.3 is 0 Å². The summed E-state index contributed by atoms with van der Waals surface area (Å²) in [5, 5.41) is 3.62.